The molecule has 0 unspecified atom stereocenters. The van der Waals surface area contributed by atoms with Crippen molar-refractivity contribution < 1.29 is 18.0 Å². The van der Waals surface area contributed by atoms with Gasteiger partial charge in [0.1, 0.15) is 0 Å². The SMILES string of the molecule is CC(=O)c1cccc(N(Cc2ccc(C(=O)Nc3ccc4c5c(cccc35)CC4)cc2)S(C)(=O)=O)c1. The number of anilines is 2. The van der Waals surface area contributed by atoms with E-state index >= 15 is 0 Å². The van der Waals surface area contributed by atoms with Gasteiger partial charge in [-0.05, 0) is 72.2 Å². The lowest BCUT2D eigenvalue weighted by atomic mass is 10.0. The molecule has 1 aliphatic carbocycles. The van der Waals surface area contributed by atoms with Crippen LogP contribution < -0.4 is 9.62 Å². The third kappa shape index (κ3) is 4.62. The molecule has 6 nitrogen and oxygen atoms in total. The van der Waals surface area contributed by atoms with Crippen LogP contribution in [-0.2, 0) is 29.4 Å². The summed E-state index contributed by atoms with van der Waals surface area (Å²) in [5, 5.41) is 5.32. The number of nitrogens with one attached hydrogen (secondary N) is 1. The molecular weight excluding hydrogens is 472 g/mol. The van der Waals surface area contributed by atoms with Crippen molar-refractivity contribution in [2.45, 2.75) is 26.3 Å². The van der Waals surface area contributed by atoms with E-state index < -0.39 is 10.0 Å². The predicted octanol–water partition coefficient (Wildman–Crippen LogP) is 5.36. The number of benzene rings is 4. The van der Waals surface area contributed by atoms with E-state index in [2.05, 4.69) is 17.4 Å². The number of hydrogen-bond donors (Lipinski definition) is 1. The highest BCUT2D eigenvalue weighted by Gasteiger charge is 2.20. The summed E-state index contributed by atoms with van der Waals surface area (Å²) in [6, 6.07) is 23.7. The number of amides is 1. The molecule has 0 aromatic heterocycles. The monoisotopic (exact) mass is 498 g/mol. The molecule has 0 saturated heterocycles. The van der Waals surface area contributed by atoms with Crippen molar-refractivity contribution in [3.63, 3.8) is 0 Å². The molecule has 0 spiro atoms. The van der Waals surface area contributed by atoms with Crippen molar-refractivity contribution in [3.05, 3.63) is 107 Å². The van der Waals surface area contributed by atoms with Crippen molar-refractivity contribution in [2.24, 2.45) is 0 Å². The Balaban J connectivity index is 1.36. The fourth-order valence-electron chi connectivity index (χ4n) is 4.76. The molecular formula is C29H26N2O4S. The van der Waals surface area contributed by atoms with Gasteiger partial charge in [-0.2, -0.15) is 0 Å². The van der Waals surface area contributed by atoms with Crippen molar-refractivity contribution in [1.82, 2.24) is 0 Å². The number of aryl methyl sites for hydroxylation is 2. The lowest BCUT2D eigenvalue weighted by Gasteiger charge is -2.23. The minimum Gasteiger partial charge on any atom is -0.321 e. The quantitative estimate of drug-likeness (QED) is 0.348. The molecule has 36 heavy (non-hydrogen) atoms. The largest absolute Gasteiger partial charge is 0.321 e. The van der Waals surface area contributed by atoms with Crippen LogP contribution in [0.5, 0.6) is 0 Å². The van der Waals surface area contributed by atoms with Gasteiger partial charge >= 0.3 is 0 Å². The zero-order chi connectivity index (χ0) is 25.4. The second-order valence-electron chi connectivity index (χ2n) is 9.14. The Labute approximate surface area is 210 Å². The van der Waals surface area contributed by atoms with E-state index in [0.29, 0.717) is 16.8 Å². The normalized spacial score (nSPS) is 12.5. The molecule has 0 aliphatic heterocycles. The molecule has 5 rings (SSSR count). The second kappa shape index (κ2) is 9.24. The third-order valence-electron chi connectivity index (χ3n) is 6.61. The van der Waals surface area contributed by atoms with Crippen molar-refractivity contribution in [1.29, 1.82) is 0 Å². The first-order chi connectivity index (χ1) is 17.2. The second-order valence-corrected chi connectivity index (χ2v) is 11.0. The smallest absolute Gasteiger partial charge is 0.255 e. The lowest BCUT2D eigenvalue weighted by Crippen LogP contribution is -2.29. The molecule has 182 valence electrons. The van der Waals surface area contributed by atoms with E-state index in [-0.39, 0.29) is 18.2 Å². The molecule has 0 heterocycles. The standard InChI is InChI=1S/C29H26N2O4S/c1-19(32)24-6-3-7-25(17-24)31(36(2,34)35)18-20-9-11-23(12-10-20)29(33)30-27-16-15-22-14-13-21-5-4-8-26(27)28(21)22/h3-12,15-17H,13-14,18H2,1-2H3,(H,30,33). The first-order valence-corrected chi connectivity index (χ1v) is 13.6. The van der Waals surface area contributed by atoms with E-state index in [0.717, 1.165) is 35.7 Å². The van der Waals surface area contributed by atoms with Crippen LogP contribution in [0.4, 0.5) is 11.4 Å². The van der Waals surface area contributed by atoms with Gasteiger partial charge in [-0.15, -0.1) is 0 Å². The van der Waals surface area contributed by atoms with Gasteiger partial charge in [0, 0.05) is 22.2 Å². The number of nitrogens with zero attached hydrogens (tertiary/aromatic N) is 1. The van der Waals surface area contributed by atoms with Crippen molar-refractivity contribution in [2.75, 3.05) is 15.9 Å². The molecule has 1 aliphatic rings. The van der Waals surface area contributed by atoms with Crippen LogP contribution in [0, 0.1) is 0 Å². The summed E-state index contributed by atoms with van der Waals surface area (Å²) in [7, 11) is -3.61. The zero-order valence-electron chi connectivity index (χ0n) is 20.1. The Morgan fingerprint density at radius 2 is 1.56 bits per heavy atom. The zero-order valence-corrected chi connectivity index (χ0v) is 20.9. The number of sulfonamides is 1. The molecule has 0 atom stereocenters. The van der Waals surface area contributed by atoms with E-state index in [1.54, 1.807) is 48.5 Å². The highest BCUT2D eigenvalue weighted by molar-refractivity contribution is 7.92. The molecule has 0 radical (unpaired) electrons. The molecule has 1 amide bonds. The van der Waals surface area contributed by atoms with Crippen LogP contribution >= 0.6 is 0 Å². The molecule has 4 aromatic rings. The summed E-state index contributed by atoms with van der Waals surface area (Å²) >= 11 is 0. The number of rotatable bonds is 7. The number of ketones is 1. The topological polar surface area (TPSA) is 83.6 Å². The van der Waals surface area contributed by atoms with E-state index in [9.17, 15) is 18.0 Å². The molecule has 0 saturated carbocycles. The Bertz CT molecular complexity index is 1600. The summed E-state index contributed by atoms with van der Waals surface area (Å²) in [4.78, 5) is 24.8. The van der Waals surface area contributed by atoms with Crippen LogP contribution in [0.1, 0.15) is 44.3 Å². The molecule has 1 N–H and O–H groups in total. The third-order valence-corrected chi connectivity index (χ3v) is 7.75. The maximum Gasteiger partial charge on any atom is 0.255 e. The number of hydrogen-bond acceptors (Lipinski definition) is 4. The first-order valence-electron chi connectivity index (χ1n) is 11.7. The van der Waals surface area contributed by atoms with Gasteiger partial charge in [0.2, 0.25) is 10.0 Å². The van der Waals surface area contributed by atoms with Crippen molar-refractivity contribution >= 4 is 43.9 Å². The van der Waals surface area contributed by atoms with Gasteiger partial charge in [-0.3, -0.25) is 13.9 Å². The van der Waals surface area contributed by atoms with E-state index in [1.807, 2.05) is 18.2 Å². The fourth-order valence-corrected chi connectivity index (χ4v) is 5.64. The fraction of sp³-hybridized carbons (Fsp3) is 0.172. The van der Waals surface area contributed by atoms with Gasteiger partial charge in [0.05, 0.1) is 18.5 Å². The maximum absolute atomic E-state index is 13.0. The van der Waals surface area contributed by atoms with E-state index in [1.165, 1.54) is 27.7 Å². The summed E-state index contributed by atoms with van der Waals surface area (Å²) in [6.45, 7) is 1.52. The van der Waals surface area contributed by atoms with Gasteiger partial charge < -0.3 is 5.32 Å². The van der Waals surface area contributed by atoms with Gasteiger partial charge in [-0.1, -0.05) is 48.5 Å². The summed E-state index contributed by atoms with van der Waals surface area (Å²) in [5.41, 5.74) is 5.46. The first kappa shape index (κ1) is 23.8. The van der Waals surface area contributed by atoms with Gasteiger partial charge in [0.25, 0.3) is 5.91 Å². The maximum atomic E-state index is 13.0. The number of Topliss-reactive ketones (excluding diaryl/α,β-unsaturated/α-hetero) is 1. The highest BCUT2D eigenvalue weighted by atomic mass is 32.2. The summed E-state index contributed by atoms with van der Waals surface area (Å²) in [5.74, 6) is -0.365. The summed E-state index contributed by atoms with van der Waals surface area (Å²) < 4.78 is 26.3. The Hall–Kier alpha value is -3.97. The van der Waals surface area contributed by atoms with Gasteiger partial charge in [0.15, 0.2) is 5.78 Å². The molecule has 0 bridgehead atoms. The predicted molar refractivity (Wildman–Crippen MR) is 143 cm³/mol. The minimum absolute atomic E-state index is 0.0803. The van der Waals surface area contributed by atoms with Gasteiger partial charge in [-0.25, -0.2) is 8.42 Å². The minimum atomic E-state index is -3.61. The molecule has 0 fully saturated rings. The average molecular weight is 499 g/mol. The lowest BCUT2D eigenvalue weighted by molar-refractivity contribution is 0.101. The van der Waals surface area contributed by atoms with Crippen LogP contribution in [0.2, 0.25) is 0 Å². The summed E-state index contributed by atoms with van der Waals surface area (Å²) in [6.07, 6.45) is 3.18. The Morgan fingerprint density at radius 3 is 2.25 bits per heavy atom. The number of carbonyl (C=O) groups excluding carboxylic acids is 2. The van der Waals surface area contributed by atoms with Crippen LogP contribution in [0.15, 0.2) is 78.9 Å². The van der Waals surface area contributed by atoms with Crippen LogP contribution in [0.25, 0.3) is 10.8 Å². The van der Waals surface area contributed by atoms with E-state index in [4.69, 9.17) is 0 Å². The Kier molecular flexibility index (Phi) is 6.10. The average Bonchev–Trinajstić information content (AvgIpc) is 3.28. The molecule has 4 aromatic carbocycles. The number of carbonyl (C=O) groups is 2. The molecule has 7 heteroatoms. The Morgan fingerprint density at radius 1 is 0.861 bits per heavy atom. The van der Waals surface area contributed by atoms with Crippen molar-refractivity contribution in [3.8, 4) is 0 Å². The highest BCUT2D eigenvalue weighted by Crippen LogP contribution is 2.35. The van der Waals surface area contributed by atoms with Crippen LogP contribution in [-0.4, -0.2) is 26.4 Å². The van der Waals surface area contributed by atoms with Crippen LogP contribution in [0.3, 0.4) is 0 Å².